The molecule has 188 valence electrons. The van der Waals surface area contributed by atoms with E-state index in [0.717, 1.165) is 37.0 Å². The quantitative estimate of drug-likeness (QED) is 0.457. The number of hydrogen-bond donors (Lipinski definition) is 2. The zero-order chi connectivity index (χ0) is 25.1. The van der Waals surface area contributed by atoms with Gasteiger partial charge in [0.25, 0.3) is 17.4 Å². The number of aromatic nitrogens is 2. The van der Waals surface area contributed by atoms with Crippen molar-refractivity contribution in [1.29, 1.82) is 0 Å². The van der Waals surface area contributed by atoms with Crippen LogP contribution in [0.25, 0.3) is 10.9 Å². The normalized spacial score (nSPS) is 18.1. The molecule has 1 aromatic heterocycles. The lowest BCUT2D eigenvalue weighted by Crippen LogP contribution is -2.69. The van der Waals surface area contributed by atoms with Gasteiger partial charge in [0, 0.05) is 32.1 Å². The van der Waals surface area contributed by atoms with E-state index in [1.807, 2.05) is 24.4 Å². The number of imide groups is 2. The minimum absolute atomic E-state index is 0.0732. The third kappa shape index (κ3) is 4.62. The number of benzene rings is 2. The standard InChI is InChI=1S/C25H26N4O7/c1-33-13-10-25(22(30)27-24(32)28-23(25)31)36-19-4-2-18(3-5-19)35-20-6-7-21-16(14-20)15-26-29(21)17-8-11-34-12-9-17/h2-7,14-15,17H,8-13H2,1H3,(H2,27,28,30,31,32). The summed E-state index contributed by atoms with van der Waals surface area (Å²) in [5, 5.41) is 9.71. The molecule has 11 heteroatoms. The number of methoxy groups -OCH3 is 1. The van der Waals surface area contributed by atoms with E-state index in [0.29, 0.717) is 17.5 Å². The predicted molar refractivity (Wildman–Crippen MR) is 127 cm³/mol. The topological polar surface area (TPSA) is 130 Å². The van der Waals surface area contributed by atoms with Crippen LogP contribution in [0.5, 0.6) is 17.2 Å². The minimum Gasteiger partial charge on any atom is -0.467 e. The maximum atomic E-state index is 12.6. The highest BCUT2D eigenvalue weighted by Gasteiger charge is 2.52. The number of ether oxygens (including phenoxy) is 4. The van der Waals surface area contributed by atoms with Crippen LogP contribution in [0.15, 0.2) is 48.7 Å². The highest BCUT2D eigenvalue weighted by Crippen LogP contribution is 2.31. The molecule has 2 fully saturated rings. The van der Waals surface area contributed by atoms with Gasteiger partial charge in [-0.05, 0) is 55.3 Å². The van der Waals surface area contributed by atoms with Crippen molar-refractivity contribution in [3.63, 3.8) is 0 Å². The van der Waals surface area contributed by atoms with Crippen LogP contribution in [-0.2, 0) is 19.1 Å². The Morgan fingerprint density at radius 1 is 1.00 bits per heavy atom. The molecule has 0 atom stereocenters. The summed E-state index contributed by atoms with van der Waals surface area (Å²) < 4.78 is 24.3. The molecule has 4 amide bonds. The molecule has 0 spiro atoms. The zero-order valence-corrected chi connectivity index (χ0v) is 19.7. The van der Waals surface area contributed by atoms with E-state index < -0.39 is 23.4 Å². The van der Waals surface area contributed by atoms with Crippen molar-refractivity contribution < 1.29 is 33.3 Å². The largest absolute Gasteiger partial charge is 0.467 e. The molecule has 36 heavy (non-hydrogen) atoms. The number of fused-ring (bicyclic) bond motifs is 1. The van der Waals surface area contributed by atoms with E-state index in [1.54, 1.807) is 24.3 Å². The molecule has 2 N–H and O–H groups in total. The van der Waals surface area contributed by atoms with Gasteiger partial charge in [0.05, 0.1) is 24.4 Å². The first-order valence-corrected chi connectivity index (χ1v) is 11.7. The van der Waals surface area contributed by atoms with Crippen molar-refractivity contribution in [2.75, 3.05) is 26.9 Å². The summed E-state index contributed by atoms with van der Waals surface area (Å²) in [6.07, 6.45) is 3.64. The number of urea groups is 1. The third-order valence-electron chi connectivity index (χ3n) is 6.30. The van der Waals surface area contributed by atoms with Gasteiger partial charge in [-0.3, -0.25) is 24.9 Å². The lowest BCUT2D eigenvalue weighted by molar-refractivity contribution is -0.153. The molecule has 3 aromatic rings. The number of nitrogens with one attached hydrogen (secondary N) is 2. The summed E-state index contributed by atoms with van der Waals surface area (Å²) >= 11 is 0. The van der Waals surface area contributed by atoms with E-state index >= 15 is 0 Å². The molecule has 0 unspecified atom stereocenters. The number of carbonyl (C=O) groups is 3. The molecule has 0 radical (unpaired) electrons. The Kier molecular flexibility index (Phi) is 6.57. The zero-order valence-electron chi connectivity index (χ0n) is 19.7. The average molecular weight is 495 g/mol. The van der Waals surface area contributed by atoms with E-state index in [2.05, 4.69) is 20.4 Å². The van der Waals surface area contributed by atoms with Crippen LogP contribution in [0.2, 0.25) is 0 Å². The highest BCUT2D eigenvalue weighted by molar-refractivity contribution is 6.21. The van der Waals surface area contributed by atoms with Gasteiger partial charge in [-0.1, -0.05) is 0 Å². The molecule has 5 rings (SSSR count). The number of hydrogen-bond acceptors (Lipinski definition) is 8. The first-order chi connectivity index (χ1) is 17.5. The SMILES string of the molecule is COCCC1(Oc2ccc(Oc3ccc4c(cnn4C4CCOCC4)c3)cc2)C(=O)NC(=O)NC1=O. The molecular formula is C25H26N4O7. The molecule has 2 aliphatic rings. The maximum absolute atomic E-state index is 12.6. The van der Waals surface area contributed by atoms with Crippen molar-refractivity contribution in [3.05, 3.63) is 48.7 Å². The van der Waals surface area contributed by atoms with Crippen LogP contribution in [0, 0.1) is 0 Å². The van der Waals surface area contributed by atoms with Gasteiger partial charge in [-0.25, -0.2) is 4.79 Å². The smallest absolute Gasteiger partial charge is 0.328 e. The fraction of sp³-hybridized carbons (Fsp3) is 0.360. The Labute approximate surface area is 206 Å². The lowest BCUT2D eigenvalue weighted by Gasteiger charge is -2.34. The van der Waals surface area contributed by atoms with Crippen molar-refractivity contribution in [1.82, 2.24) is 20.4 Å². The van der Waals surface area contributed by atoms with E-state index in [-0.39, 0.29) is 18.8 Å². The molecule has 11 nitrogen and oxygen atoms in total. The maximum Gasteiger partial charge on any atom is 0.328 e. The van der Waals surface area contributed by atoms with E-state index in [4.69, 9.17) is 18.9 Å². The first kappa shape index (κ1) is 23.8. The Hall–Kier alpha value is -3.96. The van der Waals surface area contributed by atoms with Crippen LogP contribution >= 0.6 is 0 Å². The van der Waals surface area contributed by atoms with Crippen LogP contribution < -0.4 is 20.1 Å². The first-order valence-electron chi connectivity index (χ1n) is 11.7. The van der Waals surface area contributed by atoms with Crippen LogP contribution in [-0.4, -0.2) is 60.2 Å². The number of rotatable bonds is 8. The second-order valence-corrected chi connectivity index (χ2v) is 8.64. The molecule has 2 saturated heterocycles. The monoisotopic (exact) mass is 494 g/mol. The fourth-order valence-electron chi connectivity index (χ4n) is 4.39. The van der Waals surface area contributed by atoms with Gasteiger partial charge >= 0.3 is 6.03 Å². The molecule has 0 aliphatic carbocycles. The van der Waals surface area contributed by atoms with Gasteiger partial charge in [0.2, 0.25) is 0 Å². The lowest BCUT2D eigenvalue weighted by atomic mass is 9.95. The third-order valence-corrected chi connectivity index (χ3v) is 6.30. The van der Waals surface area contributed by atoms with Crippen molar-refractivity contribution in [2.45, 2.75) is 30.9 Å². The summed E-state index contributed by atoms with van der Waals surface area (Å²) in [5.74, 6) is -0.251. The highest BCUT2D eigenvalue weighted by atomic mass is 16.5. The van der Waals surface area contributed by atoms with Crippen molar-refractivity contribution in [2.24, 2.45) is 0 Å². The second kappa shape index (κ2) is 9.96. The van der Waals surface area contributed by atoms with Gasteiger partial charge < -0.3 is 18.9 Å². The average Bonchev–Trinajstić information content (AvgIpc) is 3.30. The van der Waals surface area contributed by atoms with Gasteiger partial charge in [-0.2, -0.15) is 5.10 Å². The van der Waals surface area contributed by atoms with Gasteiger partial charge in [-0.15, -0.1) is 0 Å². The molecule has 0 saturated carbocycles. The summed E-state index contributed by atoms with van der Waals surface area (Å²) in [4.78, 5) is 36.6. The van der Waals surface area contributed by atoms with Gasteiger partial charge in [0.1, 0.15) is 17.2 Å². The van der Waals surface area contributed by atoms with E-state index in [9.17, 15) is 14.4 Å². The summed E-state index contributed by atoms with van der Waals surface area (Å²) in [6.45, 7) is 1.56. The Morgan fingerprint density at radius 2 is 1.67 bits per heavy atom. The van der Waals surface area contributed by atoms with Crippen molar-refractivity contribution >= 4 is 28.7 Å². The molecule has 3 heterocycles. The molecule has 2 aliphatic heterocycles. The number of nitrogens with zero attached hydrogens (tertiary/aromatic N) is 2. The van der Waals surface area contributed by atoms with Crippen LogP contribution in [0.4, 0.5) is 4.79 Å². The second-order valence-electron chi connectivity index (χ2n) is 8.64. The van der Waals surface area contributed by atoms with Gasteiger partial charge in [0.15, 0.2) is 0 Å². The summed E-state index contributed by atoms with van der Waals surface area (Å²) in [7, 11) is 1.44. The number of barbiturate groups is 1. The van der Waals surface area contributed by atoms with Crippen LogP contribution in [0.1, 0.15) is 25.3 Å². The Bertz CT molecular complexity index is 1260. The molecule has 0 bridgehead atoms. The minimum atomic E-state index is -1.93. The molecule has 2 aromatic carbocycles. The Balaban J connectivity index is 1.30. The summed E-state index contributed by atoms with van der Waals surface area (Å²) in [6, 6.07) is 11.7. The van der Waals surface area contributed by atoms with E-state index in [1.165, 1.54) is 7.11 Å². The predicted octanol–water partition coefficient (Wildman–Crippen LogP) is 2.70. The van der Waals surface area contributed by atoms with Crippen LogP contribution in [0.3, 0.4) is 0 Å². The Morgan fingerprint density at radius 3 is 2.36 bits per heavy atom. The molecular weight excluding hydrogens is 468 g/mol. The fourth-order valence-corrected chi connectivity index (χ4v) is 4.39. The summed E-state index contributed by atoms with van der Waals surface area (Å²) in [5.41, 5.74) is -0.885. The van der Waals surface area contributed by atoms with Crippen molar-refractivity contribution in [3.8, 4) is 17.2 Å². The number of amides is 4. The number of carbonyl (C=O) groups excluding carboxylic acids is 3.